The van der Waals surface area contributed by atoms with Gasteiger partial charge < -0.3 is 9.30 Å². The summed E-state index contributed by atoms with van der Waals surface area (Å²) in [4.78, 5) is 22.6. The summed E-state index contributed by atoms with van der Waals surface area (Å²) < 4.78 is 5.85. The zero-order valence-corrected chi connectivity index (χ0v) is 7.83. The van der Waals surface area contributed by atoms with Gasteiger partial charge in [0.25, 0.3) is 5.56 Å². The van der Waals surface area contributed by atoms with E-state index in [1.165, 1.54) is 11.7 Å². The van der Waals surface area contributed by atoms with E-state index >= 15 is 0 Å². The van der Waals surface area contributed by atoms with Crippen molar-refractivity contribution in [2.24, 2.45) is 7.05 Å². The summed E-state index contributed by atoms with van der Waals surface area (Å²) in [6.07, 6.45) is 1.62. The number of hydrogen-bond donors (Lipinski definition) is 0. The largest absolute Gasteiger partial charge is 0.465 e. The fraction of sp³-hybridized carbons (Fsp3) is 0.333. The van der Waals surface area contributed by atoms with Crippen molar-refractivity contribution in [1.29, 1.82) is 0 Å². The van der Waals surface area contributed by atoms with Crippen LogP contribution in [0.4, 0.5) is 0 Å². The summed E-state index contributed by atoms with van der Waals surface area (Å²) in [7, 11) is 2.85. The molecule has 0 unspecified atom stereocenters. The van der Waals surface area contributed by atoms with Crippen LogP contribution in [0.15, 0.2) is 17.1 Å². The van der Waals surface area contributed by atoms with Gasteiger partial charge in [-0.05, 0) is 18.6 Å². The minimum Gasteiger partial charge on any atom is -0.465 e. The zero-order valence-electron chi connectivity index (χ0n) is 7.83. The Morgan fingerprint density at radius 1 is 1.54 bits per heavy atom. The molecule has 0 spiro atoms. The Morgan fingerprint density at radius 3 is 2.69 bits per heavy atom. The second kappa shape index (κ2) is 3.43. The molecular weight excluding hydrogens is 170 g/mol. The molecule has 1 rings (SSSR count). The molecule has 1 aromatic heterocycles. The third-order valence-corrected chi connectivity index (χ3v) is 1.87. The van der Waals surface area contributed by atoms with Crippen molar-refractivity contribution < 1.29 is 9.53 Å². The highest BCUT2D eigenvalue weighted by molar-refractivity contribution is 5.90. The third-order valence-electron chi connectivity index (χ3n) is 1.87. The van der Waals surface area contributed by atoms with Crippen LogP contribution in [0.2, 0.25) is 0 Å². The Bertz CT molecular complexity index is 392. The molecule has 0 aliphatic heterocycles. The number of aromatic nitrogens is 1. The molecule has 70 valence electrons. The summed E-state index contributed by atoms with van der Waals surface area (Å²) in [6.45, 7) is 1.70. The third kappa shape index (κ3) is 1.61. The molecule has 1 aromatic rings. The van der Waals surface area contributed by atoms with Gasteiger partial charge in [-0.1, -0.05) is 0 Å². The number of methoxy groups -OCH3 is 1. The topological polar surface area (TPSA) is 48.3 Å². The van der Waals surface area contributed by atoms with E-state index < -0.39 is 5.97 Å². The van der Waals surface area contributed by atoms with Gasteiger partial charge in [0.1, 0.15) is 5.56 Å². The van der Waals surface area contributed by atoms with Gasteiger partial charge in [0.2, 0.25) is 0 Å². The predicted molar refractivity (Wildman–Crippen MR) is 47.8 cm³/mol. The van der Waals surface area contributed by atoms with Crippen molar-refractivity contribution >= 4 is 5.97 Å². The van der Waals surface area contributed by atoms with E-state index in [1.54, 1.807) is 26.2 Å². The Morgan fingerprint density at radius 2 is 2.15 bits per heavy atom. The molecule has 0 aliphatic carbocycles. The maximum Gasteiger partial charge on any atom is 0.343 e. The van der Waals surface area contributed by atoms with Crippen molar-refractivity contribution in [2.45, 2.75) is 6.92 Å². The van der Waals surface area contributed by atoms with E-state index in [0.29, 0.717) is 5.56 Å². The SMILES string of the molecule is COC(=O)c1c(C)ccn(C)c1=O. The highest BCUT2D eigenvalue weighted by atomic mass is 16.5. The smallest absolute Gasteiger partial charge is 0.343 e. The lowest BCUT2D eigenvalue weighted by atomic mass is 10.1. The van der Waals surface area contributed by atoms with E-state index in [2.05, 4.69) is 4.74 Å². The molecule has 0 aliphatic rings. The molecule has 4 nitrogen and oxygen atoms in total. The number of carbonyl (C=O) groups is 1. The van der Waals surface area contributed by atoms with Gasteiger partial charge in [-0.2, -0.15) is 0 Å². The van der Waals surface area contributed by atoms with Crippen LogP contribution in [0, 0.1) is 6.92 Å². The Balaban J connectivity index is 3.43. The molecule has 0 fully saturated rings. The lowest BCUT2D eigenvalue weighted by molar-refractivity contribution is 0.0597. The van der Waals surface area contributed by atoms with Crippen LogP contribution in [0.5, 0.6) is 0 Å². The molecule has 0 saturated heterocycles. The van der Waals surface area contributed by atoms with Crippen LogP contribution < -0.4 is 5.56 Å². The average molecular weight is 181 g/mol. The van der Waals surface area contributed by atoms with Crippen LogP contribution >= 0.6 is 0 Å². The average Bonchev–Trinajstić information content (AvgIpc) is 2.12. The zero-order chi connectivity index (χ0) is 10.0. The molecule has 0 aromatic carbocycles. The van der Waals surface area contributed by atoms with Gasteiger partial charge in [-0.3, -0.25) is 4.79 Å². The summed E-state index contributed by atoms with van der Waals surface area (Å²) >= 11 is 0. The molecule has 0 atom stereocenters. The number of hydrogen-bond acceptors (Lipinski definition) is 3. The van der Waals surface area contributed by atoms with Gasteiger partial charge in [0, 0.05) is 13.2 Å². The van der Waals surface area contributed by atoms with Crippen LogP contribution in [0.3, 0.4) is 0 Å². The van der Waals surface area contributed by atoms with E-state index in [0.717, 1.165) is 0 Å². The maximum absolute atomic E-state index is 11.5. The van der Waals surface area contributed by atoms with Crippen LogP contribution in [-0.2, 0) is 11.8 Å². The molecule has 0 amide bonds. The highest BCUT2D eigenvalue weighted by Gasteiger charge is 2.14. The van der Waals surface area contributed by atoms with Crippen LogP contribution in [-0.4, -0.2) is 17.6 Å². The fourth-order valence-electron chi connectivity index (χ4n) is 1.07. The molecular formula is C9H11NO3. The van der Waals surface area contributed by atoms with Gasteiger partial charge >= 0.3 is 5.97 Å². The minimum atomic E-state index is -0.585. The molecule has 4 heteroatoms. The molecule has 0 N–H and O–H groups in total. The summed E-state index contributed by atoms with van der Waals surface area (Å²) in [5.74, 6) is -0.585. The Labute approximate surface area is 75.8 Å². The Kier molecular flexibility index (Phi) is 2.51. The van der Waals surface area contributed by atoms with Crippen LogP contribution in [0.1, 0.15) is 15.9 Å². The van der Waals surface area contributed by atoms with Crippen molar-refractivity contribution in [2.75, 3.05) is 7.11 Å². The lowest BCUT2D eigenvalue weighted by Gasteiger charge is -2.04. The fourth-order valence-corrected chi connectivity index (χ4v) is 1.07. The van der Waals surface area contributed by atoms with Crippen molar-refractivity contribution in [3.63, 3.8) is 0 Å². The van der Waals surface area contributed by atoms with Crippen molar-refractivity contribution in [1.82, 2.24) is 4.57 Å². The number of ether oxygens (including phenoxy) is 1. The normalized spacial score (nSPS) is 9.77. The first kappa shape index (κ1) is 9.51. The summed E-state index contributed by atoms with van der Waals surface area (Å²) in [5, 5.41) is 0. The van der Waals surface area contributed by atoms with E-state index in [-0.39, 0.29) is 11.1 Å². The number of nitrogens with zero attached hydrogens (tertiary/aromatic N) is 1. The van der Waals surface area contributed by atoms with Crippen molar-refractivity contribution in [3.8, 4) is 0 Å². The van der Waals surface area contributed by atoms with Gasteiger partial charge in [-0.15, -0.1) is 0 Å². The van der Waals surface area contributed by atoms with E-state index in [4.69, 9.17) is 0 Å². The standard InChI is InChI=1S/C9H11NO3/c1-6-4-5-10(2)8(11)7(6)9(12)13-3/h4-5H,1-3H3. The molecule has 1 heterocycles. The van der Waals surface area contributed by atoms with E-state index in [1.807, 2.05) is 0 Å². The number of aryl methyl sites for hydroxylation is 2. The lowest BCUT2D eigenvalue weighted by Crippen LogP contribution is -2.25. The number of esters is 1. The van der Waals surface area contributed by atoms with Crippen molar-refractivity contribution in [3.05, 3.63) is 33.7 Å². The molecule has 0 bridgehead atoms. The van der Waals surface area contributed by atoms with Crippen LogP contribution in [0.25, 0.3) is 0 Å². The molecule has 0 radical (unpaired) electrons. The monoisotopic (exact) mass is 181 g/mol. The minimum absolute atomic E-state index is 0.104. The first-order chi connectivity index (χ1) is 6.07. The Hall–Kier alpha value is -1.58. The number of rotatable bonds is 1. The van der Waals surface area contributed by atoms with Gasteiger partial charge in [0.05, 0.1) is 7.11 Å². The molecule has 0 saturated carbocycles. The second-order valence-corrected chi connectivity index (χ2v) is 2.78. The second-order valence-electron chi connectivity index (χ2n) is 2.78. The summed E-state index contributed by atoms with van der Waals surface area (Å²) in [5.41, 5.74) is 0.411. The van der Waals surface area contributed by atoms with Gasteiger partial charge in [-0.25, -0.2) is 4.79 Å². The molecule has 13 heavy (non-hydrogen) atoms. The quantitative estimate of drug-likeness (QED) is 0.592. The first-order valence-corrected chi connectivity index (χ1v) is 3.82. The number of pyridine rings is 1. The summed E-state index contributed by atoms with van der Waals surface area (Å²) in [6, 6.07) is 1.70. The van der Waals surface area contributed by atoms with Gasteiger partial charge in [0.15, 0.2) is 0 Å². The van der Waals surface area contributed by atoms with E-state index in [9.17, 15) is 9.59 Å². The number of carbonyl (C=O) groups excluding carboxylic acids is 1. The maximum atomic E-state index is 11.5. The highest BCUT2D eigenvalue weighted by Crippen LogP contribution is 2.02. The first-order valence-electron chi connectivity index (χ1n) is 3.82. The predicted octanol–water partition coefficient (Wildman–Crippen LogP) is 0.480.